The molecule has 2 rings (SSSR count). The van der Waals surface area contributed by atoms with Gasteiger partial charge in [-0.15, -0.1) is 0 Å². The van der Waals surface area contributed by atoms with Gasteiger partial charge in [0, 0.05) is 10.0 Å². The lowest BCUT2D eigenvalue weighted by Crippen LogP contribution is -1.97. The van der Waals surface area contributed by atoms with Crippen LogP contribution in [0.1, 0.15) is 11.1 Å². The molecule has 0 aliphatic carbocycles. The molecular formula is C15H15BrO2. The minimum Gasteiger partial charge on any atom is -0.497 e. The average molecular weight is 307 g/mol. The van der Waals surface area contributed by atoms with Crippen molar-refractivity contribution in [3.63, 3.8) is 0 Å². The predicted octanol–water partition coefficient (Wildman–Crippen LogP) is 4.35. The van der Waals surface area contributed by atoms with Crippen LogP contribution in [0.5, 0.6) is 11.5 Å². The molecule has 0 fully saturated rings. The van der Waals surface area contributed by atoms with Crippen LogP contribution in [0.4, 0.5) is 0 Å². The first-order chi connectivity index (χ1) is 8.69. The standard InChI is InChI=1S/C15H15BrO2/c1-11-4-3-5-14(8-11)18-10-12-6-7-13(17-2)9-15(12)16/h3-9H,10H2,1-2H3. The topological polar surface area (TPSA) is 18.5 Å². The maximum Gasteiger partial charge on any atom is 0.120 e. The molecule has 18 heavy (non-hydrogen) atoms. The Balaban J connectivity index is 2.06. The molecule has 2 aromatic rings. The smallest absolute Gasteiger partial charge is 0.120 e. The van der Waals surface area contributed by atoms with Crippen LogP contribution in [0.3, 0.4) is 0 Å². The van der Waals surface area contributed by atoms with Gasteiger partial charge in [0.25, 0.3) is 0 Å². The van der Waals surface area contributed by atoms with Gasteiger partial charge in [-0.2, -0.15) is 0 Å². The van der Waals surface area contributed by atoms with Crippen molar-refractivity contribution in [3.8, 4) is 11.5 Å². The molecule has 0 aliphatic heterocycles. The highest BCUT2D eigenvalue weighted by atomic mass is 79.9. The monoisotopic (exact) mass is 306 g/mol. The Hall–Kier alpha value is -1.48. The summed E-state index contributed by atoms with van der Waals surface area (Å²) in [6.07, 6.45) is 0. The number of ether oxygens (including phenoxy) is 2. The Morgan fingerprint density at radius 1 is 1.06 bits per heavy atom. The summed E-state index contributed by atoms with van der Waals surface area (Å²) in [7, 11) is 1.66. The van der Waals surface area contributed by atoms with Gasteiger partial charge in [-0.25, -0.2) is 0 Å². The molecule has 2 aromatic carbocycles. The van der Waals surface area contributed by atoms with E-state index in [0.29, 0.717) is 6.61 Å². The predicted molar refractivity (Wildman–Crippen MR) is 76.2 cm³/mol. The van der Waals surface area contributed by atoms with Crippen molar-refractivity contribution < 1.29 is 9.47 Å². The Bertz CT molecular complexity index is 538. The zero-order chi connectivity index (χ0) is 13.0. The molecule has 0 saturated heterocycles. The van der Waals surface area contributed by atoms with Gasteiger partial charge in [-0.05, 0) is 36.8 Å². The van der Waals surface area contributed by atoms with Crippen LogP contribution in [0.15, 0.2) is 46.9 Å². The normalized spacial score (nSPS) is 10.2. The van der Waals surface area contributed by atoms with Gasteiger partial charge in [-0.3, -0.25) is 0 Å². The van der Waals surface area contributed by atoms with E-state index in [1.54, 1.807) is 7.11 Å². The Labute approximate surface area is 116 Å². The highest BCUT2D eigenvalue weighted by Gasteiger charge is 2.03. The highest BCUT2D eigenvalue weighted by Crippen LogP contribution is 2.24. The molecule has 0 aromatic heterocycles. The fraction of sp³-hybridized carbons (Fsp3) is 0.200. The summed E-state index contributed by atoms with van der Waals surface area (Å²) in [5, 5.41) is 0. The molecule has 0 radical (unpaired) electrons. The molecule has 0 unspecified atom stereocenters. The number of methoxy groups -OCH3 is 1. The number of aryl methyl sites for hydroxylation is 1. The largest absolute Gasteiger partial charge is 0.497 e. The number of benzene rings is 2. The summed E-state index contributed by atoms with van der Waals surface area (Å²) >= 11 is 3.52. The molecule has 0 saturated carbocycles. The van der Waals surface area contributed by atoms with Crippen molar-refractivity contribution in [1.82, 2.24) is 0 Å². The van der Waals surface area contributed by atoms with E-state index in [2.05, 4.69) is 28.9 Å². The summed E-state index contributed by atoms with van der Waals surface area (Å²) in [6, 6.07) is 13.9. The van der Waals surface area contributed by atoms with Gasteiger partial charge in [0.15, 0.2) is 0 Å². The number of halogens is 1. The van der Waals surface area contributed by atoms with E-state index in [1.165, 1.54) is 5.56 Å². The van der Waals surface area contributed by atoms with Crippen molar-refractivity contribution in [2.24, 2.45) is 0 Å². The van der Waals surface area contributed by atoms with E-state index in [9.17, 15) is 0 Å². The minimum absolute atomic E-state index is 0.536. The first-order valence-corrected chi connectivity index (χ1v) is 6.50. The third kappa shape index (κ3) is 3.26. The molecule has 0 amide bonds. The fourth-order valence-corrected chi connectivity index (χ4v) is 2.11. The van der Waals surface area contributed by atoms with Gasteiger partial charge in [0.2, 0.25) is 0 Å². The first kappa shape index (κ1) is 13.0. The molecule has 0 aliphatic rings. The third-order valence-electron chi connectivity index (χ3n) is 2.64. The van der Waals surface area contributed by atoms with E-state index in [4.69, 9.17) is 9.47 Å². The highest BCUT2D eigenvalue weighted by molar-refractivity contribution is 9.10. The van der Waals surface area contributed by atoms with E-state index < -0.39 is 0 Å². The molecular weight excluding hydrogens is 292 g/mol. The van der Waals surface area contributed by atoms with Gasteiger partial charge in [0.05, 0.1) is 7.11 Å². The molecule has 0 N–H and O–H groups in total. The fourth-order valence-electron chi connectivity index (χ4n) is 1.64. The number of hydrogen-bond acceptors (Lipinski definition) is 2. The maximum atomic E-state index is 5.76. The van der Waals surface area contributed by atoms with E-state index >= 15 is 0 Å². The lowest BCUT2D eigenvalue weighted by atomic mass is 10.2. The van der Waals surface area contributed by atoms with Crippen LogP contribution in [-0.2, 0) is 6.61 Å². The van der Waals surface area contributed by atoms with Gasteiger partial charge >= 0.3 is 0 Å². The van der Waals surface area contributed by atoms with Crippen molar-refractivity contribution in [2.45, 2.75) is 13.5 Å². The lowest BCUT2D eigenvalue weighted by Gasteiger charge is -2.09. The van der Waals surface area contributed by atoms with Crippen LogP contribution in [-0.4, -0.2) is 7.11 Å². The second-order valence-corrected chi connectivity index (χ2v) is 4.92. The quantitative estimate of drug-likeness (QED) is 0.836. The van der Waals surface area contributed by atoms with Crippen molar-refractivity contribution >= 4 is 15.9 Å². The molecule has 0 spiro atoms. The molecule has 0 bridgehead atoms. The van der Waals surface area contributed by atoms with Crippen LogP contribution in [0.25, 0.3) is 0 Å². The zero-order valence-electron chi connectivity index (χ0n) is 10.4. The third-order valence-corrected chi connectivity index (χ3v) is 3.38. The number of rotatable bonds is 4. The molecule has 0 atom stereocenters. The van der Waals surface area contributed by atoms with E-state index in [-0.39, 0.29) is 0 Å². The second-order valence-electron chi connectivity index (χ2n) is 4.06. The van der Waals surface area contributed by atoms with Crippen LogP contribution in [0.2, 0.25) is 0 Å². The minimum atomic E-state index is 0.536. The van der Waals surface area contributed by atoms with E-state index in [1.807, 2.05) is 36.4 Å². The molecule has 94 valence electrons. The van der Waals surface area contributed by atoms with Crippen LogP contribution in [0, 0.1) is 6.92 Å². The van der Waals surface area contributed by atoms with Crippen molar-refractivity contribution in [3.05, 3.63) is 58.1 Å². The van der Waals surface area contributed by atoms with Gasteiger partial charge in [0.1, 0.15) is 18.1 Å². The summed E-state index contributed by atoms with van der Waals surface area (Å²) in [6.45, 7) is 2.59. The van der Waals surface area contributed by atoms with E-state index in [0.717, 1.165) is 21.5 Å². The molecule has 0 heterocycles. The summed E-state index contributed by atoms with van der Waals surface area (Å²) in [4.78, 5) is 0. The Morgan fingerprint density at radius 3 is 2.56 bits per heavy atom. The number of hydrogen-bond donors (Lipinski definition) is 0. The first-order valence-electron chi connectivity index (χ1n) is 5.71. The van der Waals surface area contributed by atoms with Crippen molar-refractivity contribution in [2.75, 3.05) is 7.11 Å². The molecule has 3 heteroatoms. The summed E-state index contributed by atoms with van der Waals surface area (Å²) in [5.74, 6) is 1.72. The summed E-state index contributed by atoms with van der Waals surface area (Å²) in [5.41, 5.74) is 2.29. The van der Waals surface area contributed by atoms with Crippen molar-refractivity contribution in [1.29, 1.82) is 0 Å². The summed E-state index contributed by atoms with van der Waals surface area (Å²) < 4.78 is 11.9. The van der Waals surface area contributed by atoms with Crippen LogP contribution < -0.4 is 9.47 Å². The SMILES string of the molecule is COc1ccc(COc2cccc(C)c2)c(Br)c1. The Morgan fingerprint density at radius 2 is 1.89 bits per heavy atom. The van der Waals surface area contributed by atoms with Crippen LogP contribution >= 0.6 is 15.9 Å². The zero-order valence-corrected chi connectivity index (χ0v) is 12.0. The Kier molecular flexibility index (Phi) is 4.26. The maximum absolute atomic E-state index is 5.76. The second kappa shape index (κ2) is 5.91. The lowest BCUT2D eigenvalue weighted by molar-refractivity contribution is 0.305. The molecule has 2 nitrogen and oxygen atoms in total. The van der Waals surface area contributed by atoms with Gasteiger partial charge < -0.3 is 9.47 Å². The van der Waals surface area contributed by atoms with Gasteiger partial charge in [-0.1, -0.05) is 34.1 Å². The average Bonchev–Trinajstić information content (AvgIpc) is 2.37.